The van der Waals surface area contributed by atoms with Crippen LogP contribution in [0.15, 0.2) is 122 Å². The van der Waals surface area contributed by atoms with Gasteiger partial charge in [0.15, 0.2) is 0 Å². The molecule has 7 rings (SSSR count). The summed E-state index contributed by atoms with van der Waals surface area (Å²) in [5.74, 6) is 0.805. The van der Waals surface area contributed by atoms with Gasteiger partial charge in [0.2, 0.25) is 0 Å². The van der Waals surface area contributed by atoms with Crippen LogP contribution in [0.25, 0.3) is 61.7 Å². The fourth-order valence-corrected chi connectivity index (χ4v) is 4.93. The fourth-order valence-electron chi connectivity index (χ4n) is 4.93. The molecule has 0 saturated carbocycles. The van der Waals surface area contributed by atoms with Gasteiger partial charge in [0.25, 0.3) is 0 Å². The monoisotopic (exact) mass is 500 g/mol. The van der Waals surface area contributed by atoms with Crippen LogP contribution in [0.1, 0.15) is 5.56 Å². The average Bonchev–Trinajstić information content (AvgIpc) is 3.36. The van der Waals surface area contributed by atoms with E-state index in [1.807, 2.05) is 91.3 Å². The Hall–Kier alpha value is -5.67. The normalized spacial score (nSPS) is 11.1. The lowest BCUT2D eigenvalue weighted by Gasteiger charge is -2.10. The van der Waals surface area contributed by atoms with E-state index in [0.717, 1.165) is 61.7 Å². The van der Waals surface area contributed by atoms with Gasteiger partial charge in [0.05, 0.1) is 57.3 Å². The zero-order valence-corrected chi connectivity index (χ0v) is 20.7. The smallest absolute Gasteiger partial charge is 0.138 e. The lowest BCUT2D eigenvalue weighted by Crippen LogP contribution is -1.99. The topological polar surface area (TPSA) is 80.3 Å². The molecular formula is C33H20N6. The summed E-state index contributed by atoms with van der Waals surface area (Å²) < 4.78 is 2.15. The van der Waals surface area contributed by atoms with Crippen molar-refractivity contribution in [1.82, 2.24) is 24.5 Å². The van der Waals surface area contributed by atoms with Crippen molar-refractivity contribution in [3.8, 4) is 45.9 Å². The molecule has 0 radical (unpaired) electrons. The molecule has 0 aliphatic carbocycles. The maximum atomic E-state index is 9.09. The second-order valence-electron chi connectivity index (χ2n) is 9.13. The van der Waals surface area contributed by atoms with Gasteiger partial charge < -0.3 is 0 Å². The third-order valence-electron chi connectivity index (χ3n) is 6.77. The zero-order valence-electron chi connectivity index (χ0n) is 20.7. The van der Waals surface area contributed by atoms with Gasteiger partial charge in [-0.1, -0.05) is 48.5 Å². The van der Waals surface area contributed by atoms with E-state index in [1.54, 1.807) is 12.1 Å². The highest BCUT2D eigenvalue weighted by Gasteiger charge is 2.14. The Labute approximate surface area is 224 Å². The first-order chi connectivity index (χ1) is 19.3. The largest absolute Gasteiger partial charge is 0.292 e. The summed E-state index contributed by atoms with van der Waals surface area (Å²) in [5, 5.41) is 11.4. The van der Waals surface area contributed by atoms with Crippen LogP contribution in [0.3, 0.4) is 0 Å². The Morgan fingerprint density at radius 2 is 1.15 bits per heavy atom. The Morgan fingerprint density at radius 1 is 0.538 bits per heavy atom. The van der Waals surface area contributed by atoms with Crippen molar-refractivity contribution in [2.24, 2.45) is 0 Å². The third-order valence-corrected chi connectivity index (χ3v) is 6.77. The van der Waals surface area contributed by atoms with Gasteiger partial charge in [-0.05, 0) is 60.7 Å². The van der Waals surface area contributed by atoms with Gasteiger partial charge in [-0.15, -0.1) is 0 Å². The van der Waals surface area contributed by atoms with Crippen molar-refractivity contribution >= 4 is 21.8 Å². The third kappa shape index (κ3) is 3.99. The van der Waals surface area contributed by atoms with Crippen molar-refractivity contribution in [3.63, 3.8) is 0 Å². The number of fused-ring (bicyclic) bond motifs is 3. The molecule has 0 N–H and O–H groups in total. The van der Waals surface area contributed by atoms with E-state index in [-0.39, 0.29) is 0 Å². The van der Waals surface area contributed by atoms with Crippen LogP contribution >= 0.6 is 0 Å². The number of rotatable bonds is 4. The summed E-state index contributed by atoms with van der Waals surface area (Å²) in [6.45, 7) is 0. The average molecular weight is 501 g/mol. The molecule has 0 amide bonds. The number of hydrogen-bond donors (Lipinski definition) is 0. The molecule has 0 saturated heterocycles. The first-order valence-electron chi connectivity index (χ1n) is 12.5. The molecule has 0 aliphatic heterocycles. The maximum Gasteiger partial charge on any atom is 0.138 e. The van der Waals surface area contributed by atoms with Gasteiger partial charge in [-0.25, -0.2) is 15.0 Å². The van der Waals surface area contributed by atoms with Crippen LogP contribution in [0.2, 0.25) is 0 Å². The Kier molecular flexibility index (Phi) is 5.39. The van der Waals surface area contributed by atoms with Crippen molar-refractivity contribution in [1.29, 1.82) is 5.26 Å². The molecule has 6 nitrogen and oxygen atoms in total. The van der Waals surface area contributed by atoms with Crippen molar-refractivity contribution in [3.05, 3.63) is 127 Å². The highest BCUT2D eigenvalue weighted by Crippen LogP contribution is 2.31. The Morgan fingerprint density at radius 3 is 1.90 bits per heavy atom. The molecule has 0 aliphatic rings. The van der Waals surface area contributed by atoms with Crippen molar-refractivity contribution < 1.29 is 0 Å². The number of nitrogens with zero attached hydrogens (tertiary/aromatic N) is 6. The van der Waals surface area contributed by atoms with Crippen LogP contribution in [0, 0.1) is 11.3 Å². The maximum absolute atomic E-state index is 9.09. The van der Waals surface area contributed by atoms with Crippen LogP contribution < -0.4 is 0 Å². The molecule has 0 fully saturated rings. The number of aromatic nitrogens is 5. The molecule has 0 bridgehead atoms. The molecule has 6 heteroatoms. The lowest BCUT2D eigenvalue weighted by atomic mass is 10.1. The number of nitriles is 1. The van der Waals surface area contributed by atoms with Gasteiger partial charge in [0.1, 0.15) is 5.82 Å². The first-order valence-corrected chi connectivity index (χ1v) is 12.5. The minimum atomic E-state index is 0.621. The molecule has 0 spiro atoms. The summed E-state index contributed by atoms with van der Waals surface area (Å²) in [7, 11) is 0. The van der Waals surface area contributed by atoms with Crippen molar-refractivity contribution in [2.75, 3.05) is 0 Å². The molecule has 7 aromatic rings. The van der Waals surface area contributed by atoms with E-state index in [1.165, 1.54) is 0 Å². The summed E-state index contributed by atoms with van der Waals surface area (Å²) in [5.41, 5.74) is 7.54. The molecule has 0 unspecified atom stereocenters. The molecule has 2 aromatic carbocycles. The second-order valence-corrected chi connectivity index (χ2v) is 9.13. The highest BCUT2D eigenvalue weighted by molar-refractivity contribution is 6.08. The molecule has 5 aromatic heterocycles. The van der Waals surface area contributed by atoms with Crippen LogP contribution in [0.5, 0.6) is 0 Å². The molecule has 182 valence electrons. The first kappa shape index (κ1) is 22.5. The van der Waals surface area contributed by atoms with Crippen LogP contribution in [0.4, 0.5) is 0 Å². The van der Waals surface area contributed by atoms with Gasteiger partial charge in [-0.2, -0.15) is 5.26 Å². The molecule has 0 atom stereocenters. The predicted molar refractivity (Wildman–Crippen MR) is 153 cm³/mol. The molecular weight excluding hydrogens is 480 g/mol. The predicted octanol–water partition coefficient (Wildman–Crippen LogP) is 7.24. The minimum absolute atomic E-state index is 0.621. The zero-order chi connectivity index (χ0) is 26.2. The van der Waals surface area contributed by atoms with Crippen LogP contribution in [-0.2, 0) is 0 Å². The van der Waals surface area contributed by atoms with Crippen LogP contribution in [-0.4, -0.2) is 24.5 Å². The van der Waals surface area contributed by atoms with E-state index in [4.69, 9.17) is 20.2 Å². The van der Waals surface area contributed by atoms with Gasteiger partial charge in [-0.3, -0.25) is 9.55 Å². The summed E-state index contributed by atoms with van der Waals surface area (Å²) in [6, 6.07) is 37.7. The minimum Gasteiger partial charge on any atom is -0.292 e. The fraction of sp³-hybridized carbons (Fsp3) is 0. The van der Waals surface area contributed by atoms with E-state index in [0.29, 0.717) is 5.56 Å². The summed E-state index contributed by atoms with van der Waals surface area (Å²) in [6.07, 6.45) is 3.71. The SMILES string of the molecule is N#Cc1ccc(-c2cccc(-c3cccc(-c4cccc(-n5c6ccccc6c6ccncc65)n4)n3)n2)cc1. The lowest BCUT2D eigenvalue weighted by molar-refractivity contribution is 1.07. The quantitative estimate of drug-likeness (QED) is 0.255. The van der Waals surface area contributed by atoms with E-state index in [9.17, 15) is 0 Å². The Balaban J connectivity index is 1.29. The van der Waals surface area contributed by atoms with Crippen molar-refractivity contribution in [2.45, 2.75) is 0 Å². The molecule has 5 heterocycles. The molecule has 39 heavy (non-hydrogen) atoms. The van der Waals surface area contributed by atoms with E-state index in [2.05, 4.69) is 33.8 Å². The summed E-state index contributed by atoms with van der Waals surface area (Å²) in [4.78, 5) is 19.2. The van der Waals surface area contributed by atoms with Gasteiger partial charge >= 0.3 is 0 Å². The number of benzene rings is 2. The summed E-state index contributed by atoms with van der Waals surface area (Å²) >= 11 is 0. The Bertz CT molecular complexity index is 1980. The number of pyridine rings is 4. The van der Waals surface area contributed by atoms with E-state index >= 15 is 0 Å². The van der Waals surface area contributed by atoms with Gasteiger partial charge in [0, 0.05) is 22.5 Å². The standard InChI is InChI=1S/C33H20N6/c34-20-22-14-16-23(17-15-22)26-7-3-8-27(36-26)28-9-4-10-29(37-28)30-11-5-13-33(38-30)39-31-12-2-1-6-24(31)25-18-19-35-21-32(25)39/h1-19,21H. The highest BCUT2D eigenvalue weighted by atomic mass is 15.1. The second kappa shape index (κ2) is 9.33. The number of para-hydroxylation sites is 1. The number of hydrogen-bond acceptors (Lipinski definition) is 5. The van der Waals surface area contributed by atoms with E-state index < -0.39 is 0 Å².